The van der Waals surface area contributed by atoms with Crippen LogP contribution in [0.25, 0.3) is 0 Å². The average Bonchev–Trinajstić information content (AvgIpc) is 3.75. The molecule has 2 spiro atoms. The van der Waals surface area contributed by atoms with Gasteiger partial charge in [-0.1, -0.05) is 27.7 Å². The Labute approximate surface area is 287 Å². The number of hydrogen-bond acceptors (Lipinski definition) is 15. The number of rotatable bonds is 6. The van der Waals surface area contributed by atoms with E-state index in [9.17, 15) is 34.5 Å². The predicted octanol–water partition coefficient (Wildman–Crippen LogP) is 1.37. The standard InChI is InChI=1S/C35H42O15/c1-15(2)35-48-31-14-28(5)19(11-21(38)43-8)30(31,7)34(50-35)23(40)25(45-16(3)36)29(6)20(12-22(39)47-24(29)18-9-10-44-13-18)33(34,49-35)26(41)32(31,42)27(28)46-17(4)37/h9-10,12-13,15,19,23-27,40-42H,11,14H2,1-8H3/t19-,23+,24-,25-,26+,27-,28-,29+,30+,31+,32+,33+,34-,35?/m0/s1. The lowest BCUT2D eigenvalue weighted by atomic mass is 9.33. The van der Waals surface area contributed by atoms with Gasteiger partial charge in [0.2, 0.25) is 0 Å². The lowest BCUT2D eigenvalue weighted by Gasteiger charge is -2.77. The van der Waals surface area contributed by atoms with Crippen LogP contribution < -0.4 is 0 Å². The molecule has 6 fully saturated rings. The van der Waals surface area contributed by atoms with Gasteiger partial charge in [-0.2, -0.15) is 0 Å². The Kier molecular flexibility index (Phi) is 6.45. The van der Waals surface area contributed by atoms with E-state index in [4.69, 9.17) is 37.6 Å². The molecule has 1 unspecified atom stereocenters. The maximum absolute atomic E-state index is 13.7. The molecule has 4 heterocycles. The molecule has 7 aliphatic rings. The summed E-state index contributed by atoms with van der Waals surface area (Å²) in [6.07, 6.45) is -4.93. The van der Waals surface area contributed by atoms with Crippen molar-refractivity contribution in [3.8, 4) is 0 Å². The second kappa shape index (κ2) is 9.55. The van der Waals surface area contributed by atoms with Gasteiger partial charge >= 0.3 is 23.9 Å². The second-order valence-corrected chi connectivity index (χ2v) is 16.0. The van der Waals surface area contributed by atoms with Crippen molar-refractivity contribution in [1.29, 1.82) is 0 Å². The number of carbonyl (C=O) groups is 4. The molecular formula is C35H42O15. The van der Waals surface area contributed by atoms with Crippen molar-refractivity contribution in [2.75, 3.05) is 7.11 Å². The summed E-state index contributed by atoms with van der Waals surface area (Å²) in [5.74, 6) is -6.82. The summed E-state index contributed by atoms with van der Waals surface area (Å²) in [6, 6.07) is 1.54. The van der Waals surface area contributed by atoms with Crippen LogP contribution in [0, 0.1) is 28.1 Å². The molecule has 4 saturated carbocycles. The monoisotopic (exact) mass is 702 g/mol. The fraction of sp³-hybridized carbons (Fsp3) is 0.714. The number of hydrogen-bond donors (Lipinski definition) is 3. The summed E-state index contributed by atoms with van der Waals surface area (Å²) in [6.45, 7) is 10.8. The highest BCUT2D eigenvalue weighted by molar-refractivity contribution is 5.86. The number of fused-ring (bicyclic) bond motifs is 3. The minimum Gasteiger partial charge on any atom is -0.472 e. The van der Waals surface area contributed by atoms with Gasteiger partial charge in [0.25, 0.3) is 5.97 Å². The number of aliphatic hydroxyl groups is 3. The van der Waals surface area contributed by atoms with Gasteiger partial charge in [0.05, 0.1) is 25.1 Å². The molecule has 0 radical (unpaired) electrons. The topological polar surface area (TPSA) is 207 Å². The van der Waals surface area contributed by atoms with E-state index in [1.807, 2.05) is 0 Å². The first-order valence-corrected chi connectivity index (χ1v) is 16.8. The highest BCUT2D eigenvalue weighted by atomic mass is 16.9. The Balaban J connectivity index is 1.53. The minimum atomic E-state index is -2.49. The van der Waals surface area contributed by atoms with Crippen molar-refractivity contribution in [3.63, 3.8) is 0 Å². The molecule has 4 bridgehead atoms. The summed E-state index contributed by atoms with van der Waals surface area (Å²) < 4.78 is 49.4. The maximum atomic E-state index is 13.7. The van der Waals surface area contributed by atoms with Crippen LogP contribution in [0.1, 0.15) is 73.0 Å². The van der Waals surface area contributed by atoms with Crippen molar-refractivity contribution in [1.82, 2.24) is 0 Å². The molecule has 15 heteroatoms. The second-order valence-electron chi connectivity index (χ2n) is 16.0. The van der Waals surface area contributed by atoms with Crippen LogP contribution in [0.5, 0.6) is 0 Å². The molecular weight excluding hydrogens is 660 g/mol. The smallest absolute Gasteiger partial charge is 0.331 e. The van der Waals surface area contributed by atoms with Crippen LogP contribution in [0.15, 0.2) is 34.7 Å². The van der Waals surface area contributed by atoms with Crippen LogP contribution in [0.4, 0.5) is 0 Å². The van der Waals surface area contributed by atoms with E-state index in [-0.39, 0.29) is 18.4 Å². The molecule has 0 amide bonds. The van der Waals surface area contributed by atoms with Gasteiger partial charge in [-0.3, -0.25) is 14.4 Å². The minimum absolute atomic E-state index is 0.0216. The van der Waals surface area contributed by atoms with Crippen molar-refractivity contribution in [2.24, 2.45) is 28.1 Å². The number of furan rings is 1. The summed E-state index contributed by atoms with van der Waals surface area (Å²) in [5.41, 5.74) is -13.4. The SMILES string of the molecule is COC(=O)C[C@H]1[C@]2(C)C[C@]34OC5(C(C)C)O[C@@]6([C@H](O)[C@H](OC(C)=O)[C@]7(C)C(=CC(=O)O[C@H]7c7ccoc7)[C@@]6(O5)[C@H](O)[C@@]3(O)[C@H]2OC(C)=O)[C@]14C. The summed E-state index contributed by atoms with van der Waals surface area (Å²) >= 11 is 0. The Hall–Kier alpha value is -3.34. The van der Waals surface area contributed by atoms with E-state index < -0.39 is 111 Å². The first kappa shape index (κ1) is 33.8. The van der Waals surface area contributed by atoms with E-state index in [1.165, 1.54) is 33.5 Å². The van der Waals surface area contributed by atoms with Gasteiger partial charge in [-0.25, -0.2) is 4.79 Å². The van der Waals surface area contributed by atoms with Crippen LogP contribution in [0.3, 0.4) is 0 Å². The number of aliphatic hydroxyl groups excluding tert-OH is 2. The third-order valence-corrected chi connectivity index (χ3v) is 13.7. The number of ether oxygens (including phenoxy) is 7. The molecule has 3 N–H and O–H groups in total. The van der Waals surface area contributed by atoms with Gasteiger partial charge < -0.3 is 52.9 Å². The average molecular weight is 703 g/mol. The fourth-order valence-corrected chi connectivity index (χ4v) is 12.1. The Morgan fingerprint density at radius 2 is 1.72 bits per heavy atom. The van der Waals surface area contributed by atoms with Gasteiger partial charge in [0, 0.05) is 48.7 Å². The van der Waals surface area contributed by atoms with Crippen molar-refractivity contribution in [2.45, 2.75) is 120 Å². The number of methoxy groups -OCH3 is 1. The predicted molar refractivity (Wildman–Crippen MR) is 162 cm³/mol. The third-order valence-electron chi connectivity index (χ3n) is 13.7. The molecule has 50 heavy (non-hydrogen) atoms. The van der Waals surface area contributed by atoms with Crippen LogP contribution >= 0.6 is 0 Å². The number of esters is 4. The number of carbonyl (C=O) groups excluding carboxylic acids is 4. The molecule has 1 aromatic rings. The van der Waals surface area contributed by atoms with E-state index in [0.717, 1.165) is 6.08 Å². The molecule has 272 valence electrons. The largest absolute Gasteiger partial charge is 0.472 e. The molecule has 1 aromatic heterocycles. The first-order valence-electron chi connectivity index (χ1n) is 16.8. The quantitative estimate of drug-likeness (QED) is 0.283. The van der Waals surface area contributed by atoms with E-state index in [1.54, 1.807) is 40.7 Å². The zero-order valence-electron chi connectivity index (χ0n) is 29.0. The Bertz CT molecular complexity index is 1750. The Morgan fingerprint density at radius 3 is 2.30 bits per heavy atom. The van der Waals surface area contributed by atoms with Crippen LogP contribution in [-0.4, -0.2) is 99.1 Å². The zero-order chi connectivity index (χ0) is 36.4. The van der Waals surface area contributed by atoms with E-state index in [2.05, 4.69) is 0 Å². The van der Waals surface area contributed by atoms with Gasteiger partial charge in [0.1, 0.15) is 41.7 Å². The number of cyclic esters (lactones) is 1. The Morgan fingerprint density at radius 1 is 1.04 bits per heavy atom. The van der Waals surface area contributed by atoms with E-state index >= 15 is 0 Å². The van der Waals surface area contributed by atoms with Crippen molar-refractivity contribution >= 4 is 23.9 Å². The molecule has 0 aromatic carbocycles. The first-order chi connectivity index (χ1) is 23.2. The fourth-order valence-electron chi connectivity index (χ4n) is 12.1. The lowest BCUT2D eigenvalue weighted by Crippen LogP contribution is -2.96. The summed E-state index contributed by atoms with van der Waals surface area (Å²) in [4.78, 5) is 52.9. The zero-order valence-corrected chi connectivity index (χ0v) is 29.0. The highest BCUT2D eigenvalue weighted by Crippen LogP contribution is 2.89. The van der Waals surface area contributed by atoms with Crippen molar-refractivity contribution in [3.05, 3.63) is 35.8 Å². The lowest BCUT2D eigenvalue weighted by molar-refractivity contribution is -0.499. The molecule has 15 nitrogen and oxygen atoms in total. The molecule has 14 atom stereocenters. The third kappa shape index (κ3) is 3.10. The van der Waals surface area contributed by atoms with E-state index in [0.29, 0.717) is 5.56 Å². The van der Waals surface area contributed by atoms with Gasteiger partial charge in [-0.05, 0) is 30.9 Å². The summed E-state index contributed by atoms with van der Waals surface area (Å²) in [5, 5.41) is 39.7. The van der Waals surface area contributed by atoms with Gasteiger partial charge in [-0.15, -0.1) is 0 Å². The van der Waals surface area contributed by atoms with Crippen molar-refractivity contribution < 1.29 is 72.1 Å². The molecule has 2 saturated heterocycles. The molecule has 8 rings (SSSR count). The van der Waals surface area contributed by atoms with Crippen LogP contribution in [-0.2, 0) is 52.3 Å². The highest BCUT2D eigenvalue weighted by Gasteiger charge is 3.05. The molecule has 4 aliphatic carbocycles. The maximum Gasteiger partial charge on any atom is 0.331 e. The van der Waals surface area contributed by atoms with Crippen LogP contribution in [0.2, 0.25) is 0 Å². The summed E-state index contributed by atoms with van der Waals surface area (Å²) in [7, 11) is 1.22. The van der Waals surface area contributed by atoms with Gasteiger partial charge in [0.15, 0.2) is 11.2 Å². The molecule has 3 aliphatic heterocycles. The normalized spacial score (nSPS) is 51.8.